The SMILES string of the molecule is C=C(NOC)C(=O)Nc1ccccc1. The molecule has 4 heteroatoms. The number of rotatable bonds is 4. The van der Waals surface area contributed by atoms with Crippen LogP contribution in [0.1, 0.15) is 0 Å². The van der Waals surface area contributed by atoms with E-state index in [0.29, 0.717) is 0 Å². The molecule has 4 nitrogen and oxygen atoms in total. The van der Waals surface area contributed by atoms with E-state index in [9.17, 15) is 4.79 Å². The lowest BCUT2D eigenvalue weighted by Gasteiger charge is -2.07. The van der Waals surface area contributed by atoms with Gasteiger partial charge in [0.1, 0.15) is 5.70 Å². The Morgan fingerprint density at radius 2 is 2.00 bits per heavy atom. The zero-order valence-corrected chi connectivity index (χ0v) is 7.91. The molecule has 0 spiro atoms. The molecule has 0 saturated heterocycles. The Hall–Kier alpha value is -1.81. The van der Waals surface area contributed by atoms with Gasteiger partial charge in [-0.3, -0.25) is 15.1 Å². The van der Waals surface area contributed by atoms with Crippen LogP contribution in [0.5, 0.6) is 0 Å². The zero-order chi connectivity index (χ0) is 10.4. The smallest absolute Gasteiger partial charge is 0.273 e. The molecule has 0 aromatic heterocycles. The number of carbonyl (C=O) groups excluding carboxylic acids is 1. The highest BCUT2D eigenvalue weighted by atomic mass is 16.6. The first-order valence-corrected chi connectivity index (χ1v) is 4.08. The maximum Gasteiger partial charge on any atom is 0.273 e. The van der Waals surface area contributed by atoms with Gasteiger partial charge in [0.25, 0.3) is 5.91 Å². The number of carbonyl (C=O) groups is 1. The van der Waals surface area contributed by atoms with Crippen LogP contribution in [0, 0.1) is 0 Å². The maximum atomic E-state index is 11.3. The summed E-state index contributed by atoms with van der Waals surface area (Å²) >= 11 is 0. The first-order valence-electron chi connectivity index (χ1n) is 4.08. The molecule has 1 aromatic carbocycles. The Morgan fingerprint density at radius 3 is 2.57 bits per heavy atom. The minimum absolute atomic E-state index is 0.163. The first kappa shape index (κ1) is 10.3. The molecule has 0 aliphatic heterocycles. The van der Waals surface area contributed by atoms with Gasteiger partial charge in [-0.15, -0.1) is 0 Å². The lowest BCUT2D eigenvalue weighted by molar-refractivity contribution is -0.114. The molecule has 0 fully saturated rings. The summed E-state index contributed by atoms with van der Waals surface area (Å²) in [4.78, 5) is 15.9. The second-order valence-electron chi connectivity index (χ2n) is 2.60. The number of anilines is 1. The van der Waals surface area contributed by atoms with Crippen LogP contribution in [0.2, 0.25) is 0 Å². The van der Waals surface area contributed by atoms with Crippen LogP contribution in [0.15, 0.2) is 42.6 Å². The van der Waals surface area contributed by atoms with Crippen molar-refractivity contribution in [1.82, 2.24) is 5.48 Å². The second kappa shape index (κ2) is 5.04. The van der Waals surface area contributed by atoms with Crippen molar-refractivity contribution in [3.63, 3.8) is 0 Å². The summed E-state index contributed by atoms with van der Waals surface area (Å²) in [5.41, 5.74) is 3.24. The molecule has 0 radical (unpaired) electrons. The summed E-state index contributed by atoms with van der Waals surface area (Å²) in [6.45, 7) is 3.49. The van der Waals surface area contributed by atoms with Gasteiger partial charge in [-0.1, -0.05) is 24.8 Å². The first-order chi connectivity index (χ1) is 6.74. The number of para-hydroxylation sites is 1. The lowest BCUT2D eigenvalue weighted by Crippen LogP contribution is -2.24. The van der Waals surface area contributed by atoms with Crippen molar-refractivity contribution in [3.8, 4) is 0 Å². The van der Waals surface area contributed by atoms with Crippen LogP contribution < -0.4 is 10.8 Å². The highest BCUT2D eigenvalue weighted by Gasteiger charge is 2.05. The maximum absolute atomic E-state index is 11.3. The van der Waals surface area contributed by atoms with Gasteiger partial charge in [0.15, 0.2) is 0 Å². The monoisotopic (exact) mass is 192 g/mol. The molecule has 0 bridgehead atoms. The second-order valence-corrected chi connectivity index (χ2v) is 2.60. The van der Waals surface area contributed by atoms with Crippen molar-refractivity contribution in [1.29, 1.82) is 0 Å². The number of hydrogen-bond donors (Lipinski definition) is 2. The fourth-order valence-corrected chi connectivity index (χ4v) is 0.898. The van der Waals surface area contributed by atoms with Crippen molar-refractivity contribution < 1.29 is 9.63 Å². The molecule has 14 heavy (non-hydrogen) atoms. The highest BCUT2D eigenvalue weighted by molar-refractivity contribution is 6.02. The average Bonchev–Trinajstić information content (AvgIpc) is 2.19. The Labute approximate surface area is 82.5 Å². The molecule has 0 saturated carbocycles. The zero-order valence-electron chi connectivity index (χ0n) is 7.91. The molecular formula is C10H12N2O2. The summed E-state index contributed by atoms with van der Waals surface area (Å²) in [7, 11) is 1.42. The van der Waals surface area contributed by atoms with Crippen LogP contribution in [0.25, 0.3) is 0 Å². The minimum Gasteiger partial charge on any atom is -0.321 e. The molecule has 0 atom stereocenters. The third kappa shape index (κ3) is 2.91. The van der Waals surface area contributed by atoms with Gasteiger partial charge >= 0.3 is 0 Å². The van der Waals surface area contributed by atoms with Crippen molar-refractivity contribution >= 4 is 11.6 Å². The highest BCUT2D eigenvalue weighted by Crippen LogP contribution is 2.05. The average molecular weight is 192 g/mol. The molecule has 74 valence electrons. The standard InChI is InChI=1S/C10H12N2O2/c1-8(12-14-2)10(13)11-9-6-4-3-5-7-9/h3-7,12H,1H2,2H3,(H,11,13). The number of benzene rings is 1. The Bertz CT molecular complexity index is 322. The number of hydrogen-bond acceptors (Lipinski definition) is 3. The Balaban J connectivity index is 2.53. The van der Waals surface area contributed by atoms with Gasteiger partial charge in [-0.2, -0.15) is 0 Å². The molecule has 0 aliphatic carbocycles. The van der Waals surface area contributed by atoms with Crippen LogP contribution >= 0.6 is 0 Å². The van der Waals surface area contributed by atoms with E-state index >= 15 is 0 Å². The molecule has 1 aromatic rings. The van der Waals surface area contributed by atoms with Gasteiger partial charge < -0.3 is 5.32 Å². The number of amides is 1. The number of nitrogens with one attached hydrogen (secondary N) is 2. The van der Waals surface area contributed by atoms with E-state index < -0.39 is 0 Å². The summed E-state index contributed by atoms with van der Waals surface area (Å²) in [6.07, 6.45) is 0. The summed E-state index contributed by atoms with van der Waals surface area (Å²) in [6, 6.07) is 9.12. The van der Waals surface area contributed by atoms with E-state index in [1.165, 1.54) is 7.11 Å². The predicted molar refractivity (Wildman–Crippen MR) is 54.4 cm³/mol. The molecular weight excluding hydrogens is 180 g/mol. The lowest BCUT2D eigenvalue weighted by atomic mass is 10.3. The summed E-state index contributed by atoms with van der Waals surface area (Å²) < 4.78 is 0. The molecule has 0 aliphatic rings. The topological polar surface area (TPSA) is 50.4 Å². The summed E-state index contributed by atoms with van der Waals surface area (Å²) in [5.74, 6) is -0.321. The van der Waals surface area contributed by atoms with Gasteiger partial charge in [0.2, 0.25) is 0 Å². The van der Waals surface area contributed by atoms with Crippen molar-refractivity contribution in [2.24, 2.45) is 0 Å². The molecule has 0 unspecified atom stereocenters. The third-order valence-electron chi connectivity index (χ3n) is 1.53. The molecule has 1 amide bonds. The van der Waals surface area contributed by atoms with E-state index in [4.69, 9.17) is 0 Å². The van der Waals surface area contributed by atoms with Crippen molar-refractivity contribution in [2.45, 2.75) is 0 Å². The Kier molecular flexibility index (Phi) is 3.69. The van der Waals surface area contributed by atoms with Crippen molar-refractivity contribution in [2.75, 3.05) is 12.4 Å². The molecule has 1 rings (SSSR count). The van der Waals surface area contributed by atoms with E-state index in [0.717, 1.165) is 5.69 Å². The fourth-order valence-electron chi connectivity index (χ4n) is 0.898. The van der Waals surface area contributed by atoms with Crippen LogP contribution in [0.3, 0.4) is 0 Å². The Morgan fingerprint density at radius 1 is 1.36 bits per heavy atom. The van der Waals surface area contributed by atoms with Gasteiger partial charge in [-0.05, 0) is 12.1 Å². The van der Waals surface area contributed by atoms with Crippen molar-refractivity contribution in [3.05, 3.63) is 42.6 Å². The fraction of sp³-hybridized carbons (Fsp3) is 0.100. The van der Waals surface area contributed by atoms with Crippen LogP contribution in [-0.2, 0) is 9.63 Å². The van der Waals surface area contributed by atoms with Gasteiger partial charge in [0, 0.05) is 5.69 Å². The van der Waals surface area contributed by atoms with E-state index in [-0.39, 0.29) is 11.6 Å². The normalized spacial score (nSPS) is 9.21. The predicted octanol–water partition coefficient (Wildman–Crippen LogP) is 1.29. The van der Waals surface area contributed by atoms with E-state index in [1.807, 2.05) is 18.2 Å². The van der Waals surface area contributed by atoms with E-state index in [1.54, 1.807) is 12.1 Å². The molecule has 0 heterocycles. The van der Waals surface area contributed by atoms with Crippen LogP contribution in [-0.4, -0.2) is 13.0 Å². The largest absolute Gasteiger partial charge is 0.321 e. The van der Waals surface area contributed by atoms with Gasteiger partial charge in [-0.25, -0.2) is 0 Å². The van der Waals surface area contributed by atoms with Crippen LogP contribution in [0.4, 0.5) is 5.69 Å². The number of hydroxylamine groups is 1. The molecule has 2 N–H and O–H groups in total. The van der Waals surface area contributed by atoms with E-state index in [2.05, 4.69) is 22.2 Å². The summed E-state index contributed by atoms with van der Waals surface area (Å²) in [5, 5.41) is 2.65. The third-order valence-corrected chi connectivity index (χ3v) is 1.53. The van der Waals surface area contributed by atoms with Gasteiger partial charge in [0.05, 0.1) is 7.11 Å². The quantitative estimate of drug-likeness (QED) is 0.558. The minimum atomic E-state index is -0.321.